The van der Waals surface area contributed by atoms with Crippen LogP contribution < -0.4 is 20.1 Å². The van der Waals surface area contributed by atoms with Crippen molar-refractivity contribution >= 4 is 11.6 Å². The molecule has 1 heterocycles. The molecule has 1 aliphatic rings. The van der Waals surface area contributed by atoms with Crippen LogP contribution in [0.5, 0.6) is 11.5 Å². The number of carbonyl (C=O) groups excluding carboxylic acids is 1. The van der Waals surface area contributed by atoms with Gasteiger partial charge in [0.1, 0.15) is 11.5 Å². The van der Waals surface area contributed by atoms with E-state index in [1.54, 1.807) is 32.4 Å². The minimum atomic E-state index is -0.182. The number of likely N-dealkylation sites (tertiary alicyclic amines) is 1. The Morgan fingerprint density at radius 1 is 1.35 bits per heavy atom. The van der Waals surface area contributed by atoms with Crippen LogP contribution >= 0.6 is 0 Å². The Morgan fingerprint density at radius 3 is 2.78 bits per heavy atom. The first-order valence-corrected chi connectivity index (χ1v) is 8.03. The highest BCUT2D eigenvalue weighted by Gasteiger charge is 2.27. The molecule has 6 nitrogen and oxygen atoms in total. The molecule has 1 aliphatic heterocycles. The van der Waals surface area contributed by atoms with Gasteiger partial charge in [0.05, 0.1) is 25.9 Å². The van der Waals surface area contributed by atoms with Crippen LogP contribution in [0.1, 0.15) is 19.8 Å². The summed E-state index contributed by atoms with van der Waals surface area (Å²) in [5, 5.41) is 6.26. The largest absolute Gasteiger partial charge is 0.497 e. The maximum atomic E-state index is 12.6. The van der Waals surface area contributed by atoms with Gasteiger partial charge >= 0.3 is 0 Å². The molecule has 0 bridgehead atoms. The summed E-state index contributed by atoms with van der Waals surface area (Å²) in [4.78, 5) is 14.8. The Labute approximate surface area is 138 Å². The molecule has 0 aliphatic carbocycles. The van der Waals surface area contributed by atoms with Crippen LogP contribution in [0.4, 0.5) is 5.69 Å². The van der Waals surface area contributed by atoms with Crippen molar-refractivity contribution in [1.29, 1.82) is 0 Å². The van der Waals surface area contributed by atoms with Gasteiger partial charge in [-0.1, -0.05) is 0 Å². The first-order valence-electron chi connectivity index (χ1n) is 8.03. The highest BCUT2D eigenvalue weighted by molar-refractivity contribution is 5.96. The number of hydrogen-bond donors (Lipinski definition) is 2. The lowest BCUT2D eigenvalue weighted by molar-refractivity contribution is -0.121. The number of rotatable bonds is 6. The van der Waals surface area contributed by atoms with Gasteiger partial charge in [-0.15, -0.1) is 0 Å². The zero-order valence-corrected chi connectivity index (χ0v) is 14.4. The van der Waals surface area contributed by atoms with E-state index in [-0.39, 0.29) is 11.9 Å². The second kappa shape index (κ2) is 8.17. The number of methoxy groups -OCH3 is 2. The van der Waals surface area contributed by atoms with Crippen molar-refractivity contribution in [3.8, 4) is 11.5 Å². The lowest BCUT2D eigenvalue weighted by Crippen LogP contribution is -2.51. The number of anilines is 1. The molecule has 128 valence electrons. The van der Waals surface area contributed by atoms with Crippen molar-refractivity contribution in [2.45, 2.75) is 31.8 Å². The number of carbonyl (C=O) groups is 1. The van der Waals surface area contributed by atoms with Crippen molar-refractivity contribution in [1.82, 2.24) is 10.2 Å². The number of piperidine rings is 1. The maximum absolute atomic E-state index is 12.6. The first kappa shape index (κ1) is 17.6. The Hall–Kier alpha value is -1.79. The molecule has 1 aromatic carbocycles. The Bertz CT molecular complexity index is 536. The number of amides is 1. The molecule has 1 amide bonds. The quantitative estimate of drug-likeness (QED) is 0.835. The van der Waals surface area contributed by atoms with Crippen LogP contribution in [-0.4, -0.2) is 57.2 Å². The SMILES string of the molecule is CNC1CCCN(C(C)C(=O)Nc2ccc(OC)cc2OC)C1. The molecule has 2 N–H and O–H groups in total. The van der Waals surface area contributed by atoms with Crippen LogP contribution in [0.25, 0.3) is 0 Å². The molecule has 6 heteroatoms. The minimum absolute atomic E-state index is 0.0229. The molecule has 1 fully saturated rings. The topological polar surface area (TPSA) is 62.8 Å². The molecule has 0 spiro atoms. The number of benzene rings is 1. The lowest BCUT2D eigenvalue weighted by atomic mass is 10.0. The van der Waals surface area contributed by atoms with Crippen LogP contribution in [0.15, 0.2) is 18.2 Å². The molecular formula is C17H27N3O3. The van der Waals surface area contributed by atoms with Crippen molar-refractivity contribution in [3.05, 3.63) is 18.2 Å². The summed E-state index contributed by atoms with van der Waals surface area (Å²) in [7, 11) is 5.15. The van der Waals surface area contributed by atoms with E-state index >= 15 is 0 Å². The third-order valence-electron chi connectivity index (χ3n) is 4.45. The van der Waals surface area contributed by atoms with Crippen molar-refractivity contribution in [3.63, 3.8) is 0 Å². The molecule has 0 aromatic heterocycles. The molecule has 23 heavy (non-hydrogen) atoms. The number of nitrogens with one attached hydrogen (secondary N) is 2. The van der Waals surface area contributed by atoms with Gasteiger partial charge in [-0.05, 0) is 45.5 Å². The van der Waals surface area contributed by atoms with Gasteiger partial charge in [0, 0.05) is 18.7 Å². The van der Waals surface area contributed by atoms with Gasteiger partial charge in [-0.3, -0.25) is 9.69 Å². The van der Waals surface area contributed by atoms with E-state index in [1.807, 2.05) is 14.0 Å². The summed E-state index contributed by atoms with van der Waals surface area (Å²) in [5.41, 5.74) is 0.660. The molecule has 1 saturated heterocycles. The van der Waals surface area contributed by atoms with E-state index in [2.05, 4.69) is 15.5 Å². The Balaban J connectivity index is 2.03. The molecule has 2 atom stereocenters. The summed E-state index contributed by atoms with van der Waals surface area (Å²) < 4.78 is 10.5. The molecule has 2 unspecified atom stereocenters. The fourth-order valence-corrected chi connectivity index (χ4v) is 2.90. The fraction of sp³-hybridized carbons (Fsp3) is 0.588. The number of ether oxygens (including phenoxy) is 2. The van der Waals surface area contributed by atoms with Gasteiger partial charge < -0.3 is 20.1 Å². The van der Waals surface area contributed by atoms with Crippen LogP contribution in [0, 0.1) is 0 Å². The molecular weight excluding hydrogens is 294 g/mol. The van der Waals surface area contributed by atoms with Gasteiger partial charge in [-0.25, -0.2) is 0 Å². The van der Waals surface area contributed by atoms with E-state index < -0.39 is 0 Å². The van der Waals surface area contributed by atoms with E-state index in [9.17, 15) is 4.79 Å². The van der Waals surface area contributed by atoms with Crippen LogP contribution in [0.3, 0.4) is 0 Å². The normalized spacial score (nSPS) is 19.9. The van der Waals surface area contributed by atoms with E-state index in [4.69, 9.17) is 9.47 Å². The Morgan fingerprint density at radius 2 is 2.13 bits per heavy atom. The molecule has 1 aromatic rings. The fourth-order valence-electron chi connectivity index (χ4n) is 2.90. The summed E-state index contributed by atoms with van der Waals surface area (Å²) in [6.45, 7) is 3.79. The second-order valence-electron chi connectivity index (χ2n) is 5.85. The van der Waals surface area contributed by atoms with Crippen molar-refractivity contribution in [2.24, 2.45) is 0 Å². The predicted molar refractivity (Wildman–Crippen MR) is 91.3 cm³/mol. The zero-order valence-electron chi connectivity index (χ0n) is 14.4. The van der Waals surface area contributed by atoms with Gasteiger partial charge in [0.2, 0.25) is 5.91 Å². The average Bonchev–Trinajstić information content (AvgIpc) is 2.61. The van der Waals surface area contributed by atoms with Gasteiger partial charge in [0.15, 0.2) is 0 Å². The van der Waals surface area contributed by atoms with Gasteiger partial charge in [0.25, 0.3) is 0 Å². The van der Waals surface area contributed by atoms with Crippen LogP contribution in [-0.2, 0) is 4.79 Å². The second-order valence-corrected chi connectivity index (χ2v) is 5.85. The molecule has 0 radical (unpaired) electrons. The number of hydrogen-bond acceptors (Lipinski definition) is 5. The monoisotopic (exact) mass is 321 g/mol. The summed E-state index contributed by atoms with van der Waals surface area (Å²) in [6.07, 6.45) is 2.27. The van der Waals surface area contributed by atoms with Gasteiger partial charge in [-0.2, -0.15) is 0 Å². The van der Waals surface area contributed by atoms with Crippen LogP contribution in [0.2, 0.25) is 0 Å². The van der Waals surface area contributed by atoms with Crippen molar-refractivity contribution in [2.75, 3.05) is 39.7 Å². The first-order chi connectivity index (χ1) is 11.1. The molecule has 0 saturated carbocycles. The predicted octanol–water partition coefficient (Wildman–Crippen LogP) is 1.71. The lowest BCUT2D eigenvalue weighted by Gasteiger charge is -2.36. The number of likely N-dealkylation sites (N-methyl/N-ethyl adjacent to an activating group) is 1. The third kappa shape index (κ3) is 4.36. The highest BCUT2D eigenvalue weighted by atomic mass is 16.5. The van der Waals surface area contributed by atoms with E-state index in [0.717, 1.165) is 25.9 Å². The zero-order chi connectivity index (χ0) is 16.8. The minimum Gasteiger partial charge on any atom is -0.497 e. The summed E-state index contributed by atoms with van der Waals surface area (Å²) >= 11 is 0. The van der Waals surface area contributed by atoms with E-state index in [1.165, 1.54) is 0 Å². The number of nitrogens with zero attached hydrogens (tertiary/aromatic N) is 1. The smallest absolute Gasteiger partial charge is 0.241 e. The summed E-state index contributed by atoms with van der Waals surface area (Å²) in [6, 6.07) is 5.64. The maximum Gasteiger partial charge on any atom is 0.241 e. The van der Waals surface area contributed by atoms with Crippen molar-refractivity contribution < 1.29 is 14.3 Å². The third-order valence-corrected chi connectivity index (χ3v) is 4.45. The average molecular weight is 321 g/mol. The molecule has 2 rings (SSSR count). The Kier molecular flexibility index (Phi) is 6.24. The summed E-state index contributed by atoms with van der Waals surface area (Å²) in [5.74, 6) is 1.27. The highest BCUT2D eigenvalue weighted by Crippen LogP contribution is 2.29. The standard InChI is InChI=1S/C17H27N3O3/c1-12(20-9-5-6-13(11-20)18-2)17(21)19-15-8-7-14(22-3)10-16(15)23-4/h7-8,10,12-13,18H,5-6,9,11H2,1-4H3,(H,19,21). The van der Waals surface area contributed by atoms with E-state index in [0.29, 0.717) is 23.2 Å².